The van der Waals surface area contributed by atoms with E-state index in [1.165, 1.54) is 0 Å². The molecule has 1 rings (SSSR count). The van der Waals surface area contributed by atoms with Crippen LogP contribution in [0.2, 0.25) is 0 Å². The molecule has 0 aliphatic carbocycles. The summed E-state index contributed by atoms with van der Waals surface area (Å²) in [7, 11) is 5.03. The Bertz CT molecular complexity index is 443. The molecule has 1 N–H and O–H groups in total. The molecule has 1 heterocycles. The molecular formula is C15H22N2O2. The maximum Gasteiger partial charge on any atom is 0.161 e. The van der Waals surface area contributed by atoms with Gasteiger partial charge in [0.15, 0.2) is 11.5 Å². The summed E-state index contributed by atoms with van der Waals surface area (Å²) in [6.45, 7) is 1.98. The van der Waals surface area contributed by atoms with E-state index in [0.717, 1.165) is 24.3 Å². The summed E-state index contributed by atoms with van der Waals surface area (Å²) in [5.41, 5.74) is 0.979. The zero-order valence-corrected chi connectivity index (χ0v) is 12.1. The first-order valence-corrected chi connectivity index (χ1v) is 6.28. The smallest absolute Gasteiger partial charge is 0.161 e. The standard InChI is InChI=1S/C15H22N2O2/c1-12-11-14(19-4)13(18-3)9-7-5-6-8-10-17-15(12)16-2/h7-11H,5-6H2,1-4H3,(H,16,17)/b9-7+,10-8+,12-11?,14-13-. The van der Waals surface area contributed by atoms with Crippen LogP contribution in [0.5, 0.6) is 0 Å². The minimum Gasteiger partial charge on any atom is -0.493 e. The van der Waals surface area contributed by atoms with Crippen LogP contribution in [0.1, 0.15) is 19.8 Å². The third-order valence-electron chi connectivity index (χ3n) is 2.73. The molecule has 0 saturated heterocycles. The van der Waals surface area contributed by atoms with E-state index >= 15 is 0 Å². The van der Waals surface area contributed by atoms with Gasteiger partial charge in [0.2, 0.25) is 0 Å². The van der Waals surface area contributed by atoms with Gasteiger partial charge in [-0.25, -0.2) is 0 Å². The molecule has 0 saturated carbocycles. The highest BCUT2D eigenvalue weighted by Gasteiger charge is 2.06. The number of nitrogens with one attached hydrogen (secondary N) is 1. The van der Waals surface area contributed by atoms with Crippen LogP contribution in [0.4, 0.5) is 0 Å². The molecule has 0 amide bonds. The van der Waals surface area contributed by atoms with Gasteiger partial charge >= 0.3 is 0 Å². The lowest BCUT2D eigenvalue weighted by atomic mass is 10.2. The summed E-state index contributed by atoms with van der Waals surface area (Å²) in [5, 5.41) is 3.17. The second kappa shape index (κ2) is 8.19. The average Bonchev–Trinajstić information content (AvgIpc) is 2.42. The molecule has 1 aliphatic heterocycles. The Balaban J connectivity index is 3.20. The van der Waals surface area contributed by atoms with Gasteiger partial charge in [0.1, 0.15) is 5.84 Å². The maximum absolute atomic E-state index is 5.39. The monoisotopic (exact) mass is 262 g/mol. The highest BCUT2D eigenvalue weighted by atomic mass is 16.5. The van der Waals surface area contributed by atoms with E-state index < -0.39 is 0 Å². The second-order valence-electron chi connectivity index (χ2n) is 4.06. The fourth-order valence-corrected chi connectivity index (χ4v) is 1.71. The summed E-state index contributed by atoms with van der Waals surface area (Å²) < 4.78 is 10.7. The number of allylic oxidation sites excluding steroid dienone is 4. The Labute approximate surface area is 115 Å². The fourth-order valence-electron chi connectivity index (χ4n) is 1.71. The summed E-state index contributed by atoms with van der Waals surface area (Å²) >= 11 is 0. The number of ether oxygens (including phenoxy) is 2. The number of nitrogens with zero attached hydrogens (tertiary/aromatic N) is 1. The van der Waals surface area contributed by atoms with Gasteiger partial charge in [-0.1, -0.05) is 12.2 Å². The molecule has 0 spiro atoms. The van der Waals surface area contributed by atoms with E-state index in [2.05, 4.69) is 22.5 Å². The molecule has 0 fully saturated rings. The van der Waals surface area contributed by atoms with Gasteiger partial charge in [-0.15, -0.1) is 0 Å². The molecular weight excluding hydrogens is 240 g/mol. The van der Waals surface area contributed by atoms with Crippen molar-refractivity contribution in [3.63, 3.8) is 0 Å². The van der Waals surface area contributed by atoms with Crippen molar-refractivity contribution < 1.29 is 9.47 Å². The van der Waals surface area contributed by atoms with Gasteiger partial charge in [-0.3, -0.25) is 4.99 Å². The van der Waals surface area contributed by atoms with Crippen molar-refractivity contribution in [1.82, 2.24) is 5.32 Å². The molecule has 4 nitrogen and oxygen atoms in total. The van der Waals surface area contributed by atoms with Crippen molar-refractivity contribution >= 4 is 5.84 Å². The molecule has 0 aromatic heterocycles. The quantitative estimate of drug-likeness (QED) is 0.832. The van der Waals surface area contributed by atoms with Gasteiger partial charge in [0.25, 0.3) is 0 Å². The third-order valence-corrected chi connectivity index (χ3v) is 2.73. The highest BCUT2D eigenvalue weighted by Crippen LogP contribution is 2.14. The number of rotatable bonds is 2. The molecule has 0 unspecified atom stereocenters. The van der Waals surface area contributed by atoms with Crippen LogP contribution in [0.25, 0.3) is 0 Å². The normalized spacial score (nSPS) is 26.5. The van der Waals surface area contributed by atoms with Crippen LogP contribution >= 0.6 is 0 Å². The molecule has 19 heavy (non-hydrogen) atoms. The Morgan fingerprint density at radius 1 is 1.11 bits per heavy atom. The molecule has 1 aliphatic rings. The molecule has 0 aromatic rings. The predicted molar refractivity (Wildman–Crippen MR) is 78.8 cm³/mol. The fraction of sp³-hybridized carbons (Fsp3) is 0.400. The van der Waals surface area contributed by atoms with Crippen molar-refractivity contribution in [2.45, 2.75) is 19.8 Å². The average molecular weight is 262 g/mol. The molecule has 0 bridgehead atoms. The largest absolute Gasteiger partial charge is 0.493 e. The molecule has 0 aromatic carbocycles. The third kappa shape index (κ3) is 4.66. The number of aliphatic imine (C=N–C) groups is 1. The Morgan fingerprint density at radius 3 is 2.42 bits per heavy atom. The maximum atomic E-state index is 5.39. The number of methoxy groups -OCH3 is 2. The van der Waals surface area contributed by atoms with E-state index in [4.69, 9.17) is 9.47 Å². The second-order valence-corrected chi connectivity index (χ2v) is 4.06. The van der Waals surface area contributed by atoms with Crippen LogP contribution in [0.3, 0.4) is 0 Å². The Hall–Kier alpha value is -1.97. The van der Waals surface area contributed by atoms with Gasteiger partial charge in [0.05, 0.1) is 14.2 Å². The minimum atomic E-state index is 0.684. The SMILES string of the molecule is CN=C1N/C=C/CC/C=C/C(OC)=C(/OC)C=C1C. The molecule has 0 atom stereocenters. The van der Waals surface area contributed by atoms with E-state index in [0.29, 0.717) is 11.5 Å². The summed E-state index contributed by atoms with van der Waals surface area (Å²) in [5.74, 6) is 2.21. The Kier molecular flexibility index (Phi) is 6.50. The lowest BCUT2D eigenvalue weighted by Gasteiger charge is -2.11. The van der Waals surface area contributed by atoms with Crippen LogP contribution in [-0.4, -0.2) is 27.1 Å². The van der Waals surface area contributed by atoms with Crippen molar-refractivity contribution in [2.75, 3.05) is 21.3 Å². The van der Waals surface area contributed by atoms with Gasteiger partial charge in [-0.05, 0) is 43.7 Å². The van der Waals surface area contributed by atoms with E-state index in [-0.39, 0.29) is 0 Å². The zero-order valence-electron chi connectivity index (χ0n) is 12.1. The van der Waals surface area contributed by atoms with Gasteiger partial charge < -0.3 is 14.8 Å². The summed E-state index contributed by atoms with van der Waals surface area (Å²) in [6, 6.07) is 0. The lowest BCUT2D eigenvalue weighted by molar-refractivity contribution is 0.241. The highest BCUT2D eigenvalue weighted by molar-refractivity contribution is 5.98. The molecule has 0 radical (unpaired) electrons. The molecule has 104 valence electrons. The summed E-state index contributed by atoms with van der Waals surface area (Å²) in [6.07, 6.45) is 11.8. The van der Waals surface area contributed by atoms with E-state index in [9.17, 15) is 0 Å². The van der Waals surface area contributed by atoms with Gasteiger partial charge in [-0.2, -0.15) is 0 Å². The number of hydrogen-bond acceptors (Lipinski definition) is 3. The predicted octanol–water partition coefficient (Wildman–Crippen LogP) is 2.92. The first kappa shape index (κ1) is 15.1. The van der Waals surface area contributed by atoms with Gasteiger partial charge in [0, 0.05) is 7.05 Å². The van der Waals surface area contributed by atoms with Crippen LogP contribution < -0.4 is 5.32 Å². The minimum absolute atomic E-state index is 0.684. The topological polar surface area (TPSA) is 42.9 Å². The zero-order chi connectivity index (χ0) is 14.1. The van der Waals surface area contributed by atoms with E-state index in [1.807, 2.05) is 25.3 Å². The first-order valence-electron chi connectivity index (χ1n) is 6.28. The Morgan fingerprint density at radius 2 is 1.79 bits per heavy atom. The van der Waals surface area contributed by atoms with Crippen molar-refractivity contribution in [3.05, 3.63) is 47.6 Å². The van der Waals surface area contributed by atoms with Crippen LogP contribution in [0, 0.1) is 0 Å². The number of hydrogen-bond donors (Lipinski definition) is 1. The van der Waals surface area contributed by atoms with Crippen molar-refractivity contribution in [1.29, 1.82) is 0 Å². The first-order chi connectivity index (χ1) is 9.22. The molecule has 4 heteroatoms. The van der Waals surface area contributed by atoms with Crippen molar-refractivity contribution in [2.24, 2.45) is 4.99 Å². The van der Waals surface area contributed by atoms with Crippen LogP contribution in [0.15, 0.2) is 52.6 Å². The van der Waals surface area contributed by atoms with E-state index in [1.54, 1.807) is 21.3 Å². The summed E-state index contributed by atoms with van der Waals surface area (Å²) in [4.78, 5) is 4.23. The lowest BCUT2D eigenvalue weighted by Crippen LogP contribution is -2.18. The van der Waals surface area contributed by atoms with Crippen LogP contribution in [-0.2, 0) is 9.47 Å². The number of amidine groups is 1. The van der Waals surface area contributed by atoms with Crippen molar-refractivity contribution in [3.8, 4) is 0 Å².